The first-order valence-electron chi connectivity index (χ1n) is 4.15. The van der Waals surface area contributed by atoms with E-state index in [1.54, 1.807) is 0 Å². The molecule has 60 valence electrons. The minimum atomic E-state index is 0.500. The molecule has 0 aromatic rings. The zero-order valence-electron chi connectivity index (χ0n) is 6.47. The molecular formula is C8H16O2. The van der Waals surface area contributed by atoms with Crippen molar-refractivity contribution >= 4 is 0 Å². The summed E-state index contributed by atoms with van der Waals surface area (Å²) in [6.07, 6.45) is 7.50. The van der Waals surface area contributed by atoms with Gasteiger partial charge in [0.05, 0.1) is 13.2 Å². The van der Waals surface area contributed by atoms with E-state index in [9.17, 15) is 0 Å². The Morgan fingerprint density at radius 1 is 0.600 bits per heavy atom. The number of rotatable bonds is 0. The van der Waals surface area contributed by atoms with E-state index in [4.69, 9.17) is 9.47 Å². The normalized spacial score (nSPS) is 24.0. The summed E-state index contributed by atoms with van der Waals surface area (Å²) in [5.41, 5.74) is 0. The SMILES string of the molecule is C1CCCC1.C1COCO1. The molecule has 0 N–H and O–H groups in total. The van der Waals surface area contributed by atoms with E-state index >= 15 is 0 Å². The average Bonchev–Trinajstić information content (AvgIpc) is 2.67. The molecule has 0 bridgehead atoms. The fourth-order valence-electron chi connectivity index (χ4n) is 1.18. The van der Waals surface area contributed by atoms with Gasteiger partial charge >= 0.3 is 0 Å². The van der Waals surface area contributed by atoms with Gasteiger partial charge in [-0.2, -0.15) is 0 Å². The van der Waals surface area contributed by atoms with Crippen molar-refractivity contribution in [1.82, 2.24) is 0 Å². The first-order valence-corrected chi connectivity index (χ1v) is 4.15. The molecule has 0 amide bonds. The maximum atomic E-state index is 4.72. The van der Waals surface area contributed by atoms with Crippen LogP contribution < -0.4 is 0 Å². The van der Waals surface area contributed by atoms with Crippen LogP contribution in [0.15, 0.2) is 0 Å². The molecule has 1 saturated heterocycles. The van der Waals surface area contributed by atoms with Crippen LogP contribution in [0, 0.1) is 0 Å². The molecule has 10 heavy (non-hydrogen) atoms. The van der Waals surface area contributed by atoms with Gasteiger partial charge in [0.2, 0.25) is 0 Å². The third kappa shape index (κ3) is 3.85. The van der Waals surface area contributed by atoms with Crippen molar-refractivity contribution in [2.24, 2.45) is 0 Å². The van der Waals surface area contributed by atoms with Crippen molar-refractivity contribution in [1.29, 1.82) is 0 Å². The molecule has 0 aromatic heterocycles. The van der Waals surface area contributed by atoms with E-state index in [2.05, 4.69) is 0 Å². The van der Waals surface area contributed by atoms with Crippen LogP contribution in [0.25, 0.3) is 0 Å². The van der Waals surface area contributed by atoms with Crippen molar-refractivity contribution in [2.45, 2.75) is 32.1 Å². The molecule has 0 atom stereocenters. The zero-order chi connectivity index (χ0) is 7.07. The lowest BCUT2D eigenvalue weighted by Crippen LogP contribution is -1.79. The van der Waals surface area contributed by atoms with Crippen LogP contribution >= 0.6 is 0 Å². The molecule has 1 aliphatic heterocycles. The Balaban J connectivity index is 0.0000001000. The summed E-state index contributed by atoms with van der Waals surface area (Å²) in [6.45, 7) is 2.06. The third-order valence-corrected chi connectivity index (χ3v) is 1.79. The molecule has 0 spiro atoms. The van der Waals surface area contributed by atoms with Gasteiger partial charge in [-0.25, -0.2) is 0 Å². The molecule has 2 aliphatic rings. The summed E-state index contributed by atoms with van der Waals surface area (Å²) in [6, 6.07) is 0. The molecule has 2 heteroatoms. The second-order valence-corrected chi connectivity index (χ2v) is 2.70. The van der Waals surface area contributed by atoms with E-state index in [1.807, 2.05) is 0 Å². The number of ether oxygens (including phenoxy) is 2. The quantitative estimate of drug-likeness (QED) is 0.517. The van der Waals surface area contributed by atoms with Gasteiger partial charge in [0.15, 0.2) is 0 Å². The predicted molar refractivity (Wildman–Crippen MR) is 39.9 cm³/mol. The van der Waals surface area contributed by atoms with Gasteiger partial charge in [0.1, 0.15) is 6.79 Å². The van der Waals surface area contributed by atoms with E-state index in [0.717, 1.165) is 13.2 Å². The molecular weight excluding hydrogens is 128 g/mol. The Labute approximate surface area is 62.5 Å². The Bertz CT molecular complexity index is 40.4. The topological polar surface area (TPSA) is 18.5 Å². The van der Waals surface area contributed by atoms with Gasteiger partial charge in [-0.1, -0.05) is 32.1 Å². The standard InChI is InChI=1S/C5H10.C3H6O2/c1-2-4-5-3-1;1-2-5-3-4-1/h1-5H2;1-3H2. The molecule has 1 aliphatic carbocycles. The minimum absolute atomic E-state index is 0.500. The fraction of sp³-hybridized carbons (Fsp3) is 1.00. The maximum absolute atomic E-state index is 4.72. The molecule has 2 fully saturated rings. The first kappa shape index (κ1) is 8.02. The van der Waals surface area contributed by atoms with Gasteiger partial charge in [-0.05, 0) is 0 Å². The average molecular weight is 144 g/mol. The lowest BCUT2D eigenvalue weighted by atomic mass is 10.4. The lowest BCUT2D eigenvalue weighted by molar-refractivity contribution is 0.0692. The van der Waals surface area contributed by atoms with Crippen molar-refractivity contribution in [3.8, 4) is 0 Å². The number of hydrogen-bond acceptors (Lipinski definition) is 2. The van der Waals surface area contributed by atoms with Gasteiger partial charge < -0.3 is 9.47 Å². The Kier molecular flexibility index (Phi) is 4.56. The predicted octanol–water partition coefficient (Wildman–Crippen LogP) is 1.94. The molecule has 2 rings (SSSR count). The highest BCUT2D eigenvalue weighted by Gasteiger charge is 1.95. The Hall–Kier alpha value is -0.0800. The molecule has 0 radical (unpaired) electrons. The zero-order valence-corrected chi connectivity index (χ0v) is 6.47. The summed E-state index contributed by atoms with van der Waals surface area (Å²) in [7, 11) is 0. The van der Waals surface area contributed by atoms with E-state index in [-0.39, 0.29) is 0 Å². The Morgan fingerprint density at radius 3 is 1.20 bits per heavy atom. The van der Waals surface area contributed by atoms with E-state index < -0.39 is 0 Å². The lowest BCUT2D eigenvalue weighted by Gasteiger charge is -1.76. The number of hydrogen-bond donors (Lipinski definition) is 0. The highest BCUT2D eigenvalue weighted by molar-refractivity contribution is 4.51. The summed E-state index contributed by atoms with van der Waals surface area (Å²) >= 11 is 0. The highest BCUT2D eigenvalue weighted by atomic mass is 16.7. The van der Waals surface area contributed by atoms with Gasteiger partial charge in [-0.15, -0.1) is 0 Å². The summed E-state index contributed by atoms with van der Waals surface area (Å²) in [5.74, 6) is 0. The molecule has 1 saturated carbocycles. The van der Waals surface area contributed by atoms with Crippen molar-refractivity contribution < 1.29 is 9.47 Å². The second kappa shape index (κ2) is 5.69. The summed E-state index contributed by atoms with van der Waals surface area (Å²) < 4.78 is 9.44. The molecule has 2 nitrogen and oxygen atoms in total. The van der Waals surface area contributed by atoms with Crippen LogP contribution in [0.5, 0.6) is 0 Å². The fourth-order valence-corrected chi connectivity index (χ4v) is 1.18. The molecule has 1 heterocycles. The van der Waals surface area contributed by atoms with Crippen LogP contribution in [0.2, 0.25) is 0 Å². The van der Waals surface area contributed by atoms with Gasteiger partial charge in [0.25, 0.3) is 0 Å². The smallest absolute Gasteiger partial charge is 0.146 e. The highest BCUT2D eigenvalue weighted by Crippen LogP contribution is 2.15. The van der Waals surface area contributed by atoms with Crippen LogP contribution in [0.3, 0.4) is 0 Å². The van der Waals surface area contributed by atoms with Crippen LogP contribution in [-0.4, -0.2) is 20.0 Å². The minimum Gasteiger partial charge on any atom is -0.353 e. The largest absolute Gasteiger partial charge is 0.353 e. The van der Waals surface area contributed by atoms with Crippen LogP contribution in [0.4, 0.5) is 0 Å². The van der Waals surface area contributed by atoms with Crippen LogP contribution in [-0.2, 0) is 9.47 Å². The second-order valence-electron chi connectivity index (χ2n) is 2.70. The van der Waals surface area contributed by atoms with Crippen LogP contribution in [0.1, 0.15) is 32.1 Å². The molecule has 0 unspecified atom stereocenters. The van der Waals surface area contributed by atoms with E-state index in [1.165, 1.54) is 32.1 Å². The third-order valence-electron chi connectivity index (χ3n) is 1.79. The molecule has 0 aromatic carbocycles. The Morgan fingerprint density at radius 2 is 1.00 bits per heavy atom. The van der Waals surface area contributed by atoms with E-state index in [0.29, 0.717) is 6.79 Å². The van der Waals surface area contributed by atoms with Gasteiger partial charge in [0, 0.05) is 0 Å². The van der Waals surface area contributed by atoms with Crippen molar-refractivity contribution in [3.63, 3.8) is 0 Å². The monoisotopic (exact) mass is 144 g/mol. The first-order chi connectivity index (χ1) is 5.00. The van der Waals surface area contributed by atoms with Crippen molar-refractivity contribution in [3.05, 3.63) is 0 Å². The van der Waals surface area contributed by atoms with Crippen molar-refractivity contribution in [2.75, 3.05) is 20.0 Å². The van der Waals surface area contributed by atoms with Gasteiger partial charge in [-0.3, -0.25) is 0 Å². The summed E-state index contributed by atoms with van der Waals surface area (Å²) in [5, 5.41) is 0. The maximum Gasteiger partial charge on any atom is 0.146 e. The summed E-state index contributed by atoms with van der Waals surface area (Å²) in [4.78, 5) is 0.